The van der Waals surface area contributed by atoms with Crippen molar-refractivity contribution in [2.45, 2.75) is 19.4 Å². The molecule has 1 atom stereocenters. The lowest BCUT2D eigenvalue weighted by Gasteiger charge is -2.11. The summed E-state index contributed by atoms with van der Waals surface area (Å²) in [6.45, 7) is 2.66. The molecule has 6 heteroatoms. The van der Waals surface area contributed by atoms with Crippen LogP contribution in [0.3, 0.4) is 0 Å². The molecule has 2 aromatic rings. The van der Waals surface area contributed by atoms with E-state index < -0.39 is 23.7 Å². The van der Waals surface area contributed by atoms with Crippen molar-refractivity contribution in [3.05, 3.63) is 65.5 Å². The third-order valence-electron chi connectivity index (χ3n) is 3.97. The number of rotatable bonds is 5. The fourth-order valence-corrected chi connectivity index (χ4v) is 2.56. The van der Waals surface area contributed by atoms with Gasteiger partial charge in [-0.2, -0.15) is 0 Å². The number of hydrogen-bond acceptors (Lipinski definition) is 5. The first-order valence-corrected chi connectivity index (χ1v) is 8.61. The van der Waals surface area contributed by atoms with Crippen molar-refractivity contribution in [3.8, 4) is 11.5 Å². The van der Waals surface area contributed by atoms with E-state index in [1.165, 1.54) is 37.3 Å². The Hall–Kier alpha value is -3.15. The minimum Gasteiger partial charge on any atom is -0.490 e. The Labute approximate surface area is 156 Å². The van der Waals surface area contributed by atoms with Crippen LogP contribution in [0.5, 0.6) is 11.5 Å². The number of halogens is 1. The second-order valence-corrected chi connectivity index (χ2v) is 6.04. The number of Topliss-reactive ketones (excluding diaryl/α,β-unsaturated/α-hetero) is 1. The van der Waals surface area contributed by atoms with Gasteiger partial charge in [0.2, 0.25) is 5.78 Å². The number of benzene rings is 2. The smallest absolute Gasteiger partial charge is 0.331 e. The maximum Gasteiger partial charge on any atom is 0.331 e. The predicted molar refractivity (Wildman–Crippen MR) is 97.4 cm³/mol. The molecule has 1 aliphatic rings. The molecule has 0 unspecified atom stereocenters. The number of fused-ring (bicyclic) bond motifs is 1. The van der Waals surface area contributed by atoms with Crippen molar-refractivity contribution in [1.29, 1.82) is 0 Å². The summed E-state index contributed by atoms with van der Waals surface area (Å²) >= 11 is 0. The van der Waals surface area contributed by atoms with Crippen LogP contribution in [0, 0.1) is 5.82 Å². The third kappa shape index (κ3) is 4.94. The van der Waals surface area contributed by atoms with Gasteiger partial charge in [0.15, 0.2) is 17.6 Å². The van der Waals surface area contributed by atoms with E-state index in [0.717, 1.165) is 12.0 Å². The van der Waals surface area contributed by atoms with Crippen molar-refractivity contribution in [2.24, 2.45) is 0 Å². The normalized spacial score (nSPS) is 14.4. The van der Waals surface area contributed by atoms with E-state index in [-0.39, 0.29) is 5.56 Å². The van der Waals surface area contributed by atoms with Crippen molar-refractivity contribution in [2.75, 3.05) is 13.2 Å². The van der Waals surface area contributed by atoms with Gasteiger partial charge in [0.05, 0.1) is 13.2 Å². The Morgan fingerprint density at radius 3 is 2.52 bits per heavy atom. The Morgan fingerprint density at radius 1 is 1.07 bits per heavy atom. The van der Waals surface area contributed by atoms with E-state index in [2.05, 4.69) is 0 Å². The minimum absolute atomic E-state index is 0.281. The highest BCUT2D eigenvalue weighted by atomic mass is 19.1. The summed E-state index contributed by atoms with van der Waals surface area (Å²) < 4.78 is 29.2. The molecule has 140 valence electrons. The lowest BCUT2D eigenvalue weighted by Crippen LogP contribution is -2.23. The molecule has 0 radical (unpaired) electrons. The summed E-state index contributed by atoms with van der Waals surface area (Å²) in [7, 11) is 0. The van der Waals surface area contributed by atoms with Crippen LogP contribution in [0.25, 0.3) is 6.08 Å². The highest BCUT2D eigenvalue weighted by Crippen LogP contribution is 2.30. The molecule has 0 fully saturated rings. The van der Waals surface area contributed by atoms with Gasteiger partial charge < -0.3 is 14.2 Å². The van der Waals surface area contributed by atoms with Crippen molar-refractivity contribution in [1.82, 2.24) is 0 Å². The molecule has 1 heterocycles. The molecule has 1 aliphatic heterocycles. The highest BCUT2D eigenvalue weighted by Gasteiger charge is 2.18. The van der Waals surface area contributed by atoms with E-state index in [1.54, 1.807) is 24.3 Å². The zero-order valence-electron chi connectivity index (χ0n) is 14.8. The van der Waals surface area contributed by atoms with Crippen LogP contribution < -0.4 is 9.47 Å². The van der Waals surface area contributed by atoms with Crippen molar-refractivity contribution < 1.29 is 28.2 Å². The monoisotopic (exact) mass is 370 g/mol. The fourth-order valence-electron chi connectivity index (χ4n) is 2.56. The first kappa shape index (κ1) is 18.6. The molecule has 0 amide bonds. The number of hydrogen-bond donors (Lipinski definition) is 0. The first-order valence-electron chi connectivity index (χ1n) is 8.61. The molecule has 5 nitrogen and oxygen atoms in total. The molecule has 0 saturated heterocycles. The third-order valence-corrected chi connectivity index (χ3v) is 3.97. The number of ether oxygens (including phenoxy) is 3. The first-order chi connectivity index (χ1) is 13.0. The summed E-state index contributed by atoms with van der Waals surface area (Å²) in [6.07, 6.45) is 2.66. The van der Waals surface area contributed by atoms with E-state index in [0.29, 0.717) is 24.7 Å². The van der Waals surface area contributed by atoms with Crippen LogP contribution in [0.4, 0.5) is 4.39 Å². The van der Waals surface area contributed by atoms with Gasteiger partial charge in [0, 0.05) is 18.1 Å². The van der Waals surface area contributed by atoms with Crippen LogP contribution in [0.15, 0.2) is 48.5 Å². The number of carbonyl (C=O) groups is 2. The highest BCUT2D eigenvalue weighted by molar-refractivity contribution is 6.01. The van der Waals surface area contributed by atoms with Gasteiger partial charge in [0.25, 0.3) is 0 Å². The second kappa shape index (κ2) is 8.49. The van der Waals surface area contributed by atoms with E-state index >= 15 is 0 Å². The van der Waals surface area contributed by atoms with Gasteiger partial charge >= 0.3 is 5.97 Å². The van der Waals surface area contributed by atoms with Crippen LogP contribution >= 0.6 is 0 Å². The Bertz CT molecular complexity index is 857. The predicted octanol–water partition coefficient (Wildman–Crippen LogP) is 3.81. The summed E-state index contributed by atoms with van der Waals surface area (Å²) in [4.78, 5) is 24.2. The SMILES string of the molecule is C[C@H](OC(=O)/C=C/c1ccc2c(c1)OCCCO2)C(=O)c1ccc(F)cc1. The lowest BCUT2D eigenvalue weighted by atomic mass is 10.1. The molecule has 0 aliphatic carbocycles. The largest absolute Gasteiger partial charge is 0.490 e. The standard InChI is InChI=1S/C21H19FO5/c1-14(21(24)16-5-7-17(22)8-6-16)27-20(23)10-4-15-3-9-18-19(13-15)26-12-2-11-25-18/h3-10,13-14H,2,11-12H2,1H3/b10-4+/t14-/m0/s1. The fraction of sp³-hybridized carbons (Fsp3) is 0.238. The maximum atomic E-state index is 12.9. The number of carbonyl (C=O) groups excluding carboxylic acids is 2. The molecule has 0 aromatic heterocycles. The average molecular weight is 370 g/mol. The van der Waals surface area contributed by atoms with Gasteiger partial charge in [0.1, 0.15) is 5.82 Å². The number of ketones is 1. The van der Waals surface area contributed by atoms with Crippen LogP contribution in [0.2, 0.25) is 0 Å². The molecule has 3 rings (SSSR count). The Balaban J connectivity index is 1.60. The minimum atomic E-state index is -0.976. The summed E-state index contributed by atoms with van der Waals surface area (Å²) in [5.41, 5.74) is 1.03. The average Bonchev–Trinajstić information content (AvgIpc) is 2.91. The molecule has 0 spiro atoms. The lowest BCUT2D eigenvalue weighted by molar-refractivity contribution is -0.140. The quantitative estimate of drug-likeness (QED) is 0.455. The van der Waals surface area contributed by atoms with Gasteiger partial charge in [-0.05, 0) is 55.0 Å². The molecular formula is C21H19FO5. The van der Waals surface area contributed by atoms with Gasteiger partial charge in [-0.15, -0.1) is 0 Å². The van der Waals surface area contributed by atoms with E-state index in [4.69, 9.17) is 14.2 Å². The summed E-state index contributed by atoms with van der Waals surface area (Å²) in [6, 6.07) is 10.4. The summed E-state index contributed by atoms with van der Waals surface area (Å²) in [5, 5.41) is 0. The maximum absolute atomic E-state index is 12.9. The van der Waals surface area contributed by atoms with Crippen LogP contribution in [-0.4, -0.2) is 31.1 Å². The van der Waals surface area contributed by atoms with Gasteiger partial charge in [-0.25, -0.2) is 9.18 Å². The van der Waals surface area contributed by atoms with Crippen LogP contribution in [0.1, 0.15) is 29.3 Å². The Kier molecular flexibility index (Phi) is 5.86. The topological polar surface area (TPSA) is 61.8 Å². The van der Waals surface area contributed by atoms with Crippen LogP contribution in [-0.2, 0) is 9.53 Å². The zero-order valence-corrected chi connectivity index (χ0v) is 14.8. The molecule has 0 bridgehead atoms. The van der Waals surface area contributed by atoms with E-state index in [9.17, 15) is 14.0 Å². The summed E-state index contributed by atoms with van der Waals surface area (Å²) in [5.74, 6) is -0.180. The van der Waals surface area contributed by atoms with E-state index in [1.807, 2.05) is 0 Å². The molecule has 2 aromatic carbocycles. The zero-order chi connectivity index (χ0) is 19.2. The van der Waals surface area contributed by atoms with Crippen molar-refractivity contribution >= 4 is 17.8 Å². The molecule has 27 heavy (non-hydrogen) atoms. The Morgan fingerprint density at radius 2 is 1.78 bits per heavy atom. The molecule has 0 N–H and O–H groups in total. The number of esters is 1. The van der Waals surface area contributed by atoms with Crippen molar-refractivity contribution in [3.63, 3.8) is 0 Å². The van der Waals surface area contributed by atoms with Gasteiger partial charge in [-0.1, -0.05) is 6.07 Å². The van der Waals surface area contributed by atoms with Gasteiger partial charge in [-0.3, -0.25) is 4.79 Å². The molecular weight excluding hydrogens is 351 g/mol. The second-order valence-electron chi connectivity index (χ2n) is 6.04. The molecule has 0 saturated carbocycles.